The molecule has 0 fully saturated rings. The van der Waals surface area contributed by atoms with Gasteiger partial charge >= 0.3 is 165 Å². The molecule has 1 atom stereocenters. The molecule has 1 aliphatic carbocycles. The van der Waals surface area contributed by atoms with Crippen LogP contribution in [0.1, 0.15) is 43.0 Å². The fourth-order valence-electron chi connectivity index (χ4n) is 3.86. The molecule has 0 N–H and O–H groups in total. The van der Waals surface area contributed by atoms with E-state index >= 15 is 0 Å². The van der Waals surface area contributed by atoms with Crippen molar-refractivity contribution in [3.8, 4) is 11.1 Å². The van der Waals surface area contributed by atoms with E-state index in [4.69, 9.17) is 4.42 Å². The van der Waals surface area contributed by atoms with Gasteiger partial charge in [-0.3, -0.25) is 0 Å². The van der Waals surface area contributed by atoms with Gasteiger partial charge in [0.1, 0.15) is 0 Å². The Morgan fingerprint density at radius 2 is 1.60 bits per heavy atom. The van der Waals surface area contributed by atoms with Crippen molar-refractivity contribution in [2.24, 2.45) is 0 Å². The fourth-order valence-corrected chi connectivity index (χ4v) is 5.04. The summed E-state index contributed by atoms with van der Waals surface area (Å²) in [6.07, 6.45) is 2.35. The normalized spacial score (nSPS) is 16.0. The molecule has 0 saturated heterocycles. The van der Waals surface area contributed by atoms with Crippen LogP contribution in [-0.4, -0.2) is 0 Å². The van der Waals surface area contributed by atoms with Gasteiger partial charge in [-0.25, -0.2) is 0 Å². The van der Waals surface area contributed by atoms with Crippen molar-refractivity contribution < 1.29 is 29.1 Å². The minimum atomic E-state index is 0.443. The van der Waals surface area contributed by atoms with Crippen LogP contribution in [0.15, 0.2) is 46.9 Å². The number of hydrogen-bond donors (Lipinski definition) is 0. The minimum absolute atomic E-state index is 0.443. The van der Waals surface area contributed by atoms with Crippen molar-refractivity contribution in [2.75, 3.05) is 0 Å². The summed E-state index contributed by atoms with van der Waals surface area (Å²) in [6.45, 7) is 8.58. The van der Waals surface area contributed by atoms with Crippen LogP contribution in [0.3, 0.4) is 0 Å². The molecule has 1 unspecified atom stereocenters. The van der Waals surface area contributed by atoms with E-state index in [0.29, 0.717) is 3.63 Å². The van der Waals surface area contributed by atoms with Crippen LogP contribution in [0.2, 0.25) is 0 Å². The topological polar surface area (TPSA) is 13.1 Å². The van der Waals surface area contributed by atoms with Gasteiger partial charge in [0, 0.05) is 0 Å². The third kappa shape index (κ3) is 2.91. The first-order valence-corrected chi connectivity index (χ1v) is 10.1. The second-order valence-corrected chi connectivity index (χ2v) is 8.50. The Hall–Kier alpha value is -1.66. The van der Waals surface area contributed by atoms with Crippen LogP contribution in [0.25, 0.3) is 22.8 Å². The molecule has 0 radical (unpaired) electrons. The van der Waals surface area contributed by atoms with E-state index in [2.05, 4.69) is 69.3 Å². The number of fused-ring (bicyclic) bond motifs is 1. The van der Waals surface area contributed by atoms with E-state index in [1.165, 1.54) is 69.2 Å². The summed E-state index contributed by atoms with van der Waals surface area (Å²) in [5.41, 5.74) is 10.8. The summed E-state index contributed by atoms with van der Waals surface area (Å²) < 4.78 is 6.37. The van der Waals surface area contributed by atoms with Gasteiger partial charge in [-0.1, -0.05) is 0 Å². The zero-order valence-corrected chi connectivity index (χ0v) is 17.6. The number of furan rings is 1. The Bertz CT molecular complexity index is 987. The van der Waals surface area contributed by atoms with Gasteiger partial charge in [-0.2, -0.15) is 0 Å². The van der Waals surface area contributed by atoms with Gasteiger partial charge in [0.15, 0.2) is 0 Å². The number of hydrogen-bond acceptors (Lipinski definition) is 1. The average molecular weight is 405 g/mol. The Morgan fingerprint density at radius 1 is 0.880 bits per heavy atom. The van der Waals surface area contributed by atoms with Crippen molar-refractivity contribution in [3.63, 3.8) is 0 Å². The fraction of sp³-hybridized carbons (Fsp3) is 0.217. The van der Waals surface area contributed by atoms with E-state index in [-0.39, 0.29) is 0 Å². The first-order chi connectivity index (χ1) is 11.9. The Kier molecular flexibility index (Phi) is 4.20. The molecule has 1 aromatic heterocycles. The number of aryl methyl sites for hydroxylation is 4. The SMILES string of the molecule is Cc1cc(C)cc(-c2c(C)ccc3c2C=C(c2ccc(C)o2)[CH]3[Zr])c1. The van der Waals surface area contributed by atoms with Crippen molar-refractivity contribution in [3.05, 3.63) is 81.8 Å². The summed E-state index contributed by atoms with van der Waals surface area (Å²) in [7, 11) is 0. The summed E-state index contributed by atoms with van der Waals surface area (Å²) >= 11 is 1.50. The summed E-state index contributed by atoms with van der Waals surface area (Å²) in [5, 5.41) is 0. The van der Waals surface area contributed by atoms with Crippen molar-refractivity contribution in [2.45, 2.75) is 31.3 Å². The third-order valence-corrected chi connectivity index (χ3v) is 6.47. The number of allylic oxidation sites excluding steroid dienone is 1. The second-order valence-electron chi connectivity index (χ2n) is 7.08. The molecule has 0 spiro atoms. The van der Waals surface area contributed by atoms with Crippen molar-refractivity contribution in [1.29, 1.82) is 0 Å². The maximum atomic E-state index is 5.93. The molecule has 2 aromatic carbocycles. The first-order valence-electron chi connectivity index (χ1n) is 8.66. The van der Waals surface area contributed by atoms with Crippen molar-refractivity contribution >= 4 is 11.6 Å². The molecule has 1 aliphatic rings. The van der Waals surface area contributed by atoms with Crippen LogP contribution in [-0.2, 0) is 24.7 Å². The molecule has 1 heterocycles. The molecule has 25 heavy (non-hydrogen) atoms. The van der Waals surface area contributed by atoms with E-state index in [1.54, 1.807) is 0 Å². The standard InChI is InChI=1S/C23H21O.Zr/c1-14-9-15(2)11-20(10-14)23-16(3)5-7-18-12-19(13-21(18)23)22-8-6-17(4)24-22;/h5-13H,1-4H3;. The van der Waals surface area contributed by atoms with Crippen LogP contribution >= 0.6 is 0 Å². The van der Waals surface area contributed by atoms with Crippen LogP contribution < -0.4 is 0 Å². The Morgan fingerprint density at radius 3 is 2.24 bits per heavy atom. The first kappa shape index (κ1) is 16.8. The van der Waals surface area contributed by atoms with Gasteiger partial charge in [0.05, 0.1) is 0 Å². The average Bonchev–Trinajstić information content (AvgIpc) is 3.10. The third-order valence-electron chi connectivity index (χ3n) is 4.94. The number of rotatable bonds is 2. The molecular weight excluding hydrogens is 383 g/mol. The molecule has 123 valence electrons. The van der Waals surface area contributed by atoms with E-state index in [9.17, 15) is 0 Å². The molecule has 0 saturated carbocycles. The van der Waals surface area contributed by atoms with E-state index in [0.717, 1.165) is 11.5 Å². The second kappa shape index (κ2) is 6.25. The van der Waals surface area contributed by atoms with Gasteiger partial charge in [0.25, 0.3) is 0 Å². The van der Waals surface area contributed by atoms with Gasteiger partial charge in [0.2, 0.25) is 0 Å². The van der Waals surface area contributed by atoms with Gasteiger partial charge in [-0.05, 0) is 0 Å². The van der Waals surface area contributed by atoms with Gasteiger partial charge in [-0.15, -0.1) is 0 Å². The zero-order chi connectivity index (χ0) is 17.7. The van der Waals surface area contributed by atoms with Crippen LogP contribution in [0.4, 0.5) is 0 Å². The summed E-state index contributed by atoms with van der Waals surface area (Å²) in [5.74, 6) is 1.99. The quantitative estimate of drug-likeness (QED) is 0.487. The molecule has 0 bridgehead atoms. The number of benzene rings is 2. The van der Waals surface area contributed by atoms with Crippen LogP contribution in [0.5, 0.6) is 0 Å². The molecule has 1 nitrogen and oxygen atoms in total. The monoisotopic (exact) mass is 403 g/mol. The summed E-state index contributed by atoms with van der Waals surface area (Å²) in [6, 6.07) is 15.6. The molecule has 0 amide bonds. The Labute approximate surface area is 164 Å². The zero-order valence-electron chi connectivity index (χ0n) is 15.1. The predicted octanol–water partition coefficient (Wildman–Crippen LogP) is 6.32. The summed E-state index contributed by atoms with van der Waals surface area (Å²) in [4.78, 5) is 0. The van der Waals surface area contributed by atoms with Crippen molar-refractivity contribution in [1.82, 2.24) is 0 Å². The molecule has 3 aromatic rings. The predicted molar refractivity (Wildman–Crippen MR) is 100 cm³/mol. The van der Waals surface area contributed by atoms with Crippen LogP contribution in [0, 0.1) is 27.7 Å². The molecule has 0 aliphatic heterocycles. The maximum absolute atomic E-state index is 5.93. The molecular formula is C23H21OZr. The van der Waals surface area contributed by atoms with E-state index in [1.807, 2.05) is 6.92 Å². The van der Waals surface area contributed by atoms with E-state index < -0.39 is 0 Å². The molecule has 2 heteroatoms. The Balaban J connectivity index is 1.93. The molecule has 4 rings (SSSR count). The van der Waals surface area contributed by atoms with Gasteiger partial charge < -0.3 is 0 Å².